The molecule has 2 nitrogen and oxygen atoms in total. The second kappa shape index (κ2) is 6.06. The Bertz CT molecular complexity index is 768. The van der Waals surface area contributed by atoms with E-state index in [1.165, 1.54) is 15.8 Å². The molecule has 1 heterocycles. The molecule has 108 valence electrons. The molecule has 0 amide bonds. The van der Waals surface area contributed by atoms with Crippen LogP contribution in [-0.4, -0.2) is 14.2 Å². The summed E-state index contributed by atoms with van der Waals surface area (Å²) in [7, 11) is 3.67. The number of ether oxygens (including phenoxy) is 1. The van der Waals surface area contributed by atoms with E-state index in [0.29, 0.717) is 0 Å². The lowest BCUT2D eigenvalue weighted by Crippen LogP contribution is -2.16. The van der Waals surface area contributed by atoms with Crippen LogP contribution < -0.4 is 10.1 Å². The summed E-state index contributed by atoms with van der Waals surface area (Å²) in [5, 5.41) is 5.71. The summed E-state index contributed by atoms with van der Waals surface area (Å²) in [5.41, 5.74) is 1.23. The van der Waals surface area contributed by atoms with Gasteiger partial charge in [0.15, 0.2) is 0 Å². The molecular weight excluding hydrogens is 302 g/mol. The van der Waals surface area contributed by atoms with E-state index in [-0.39, 0.29) is 6.04 Å². The molecule has 0 saturated carbocycles. The van der Waals surface area contributed by atoms with Crippen LogP contribution in [0.25, 0.3) is 10.8 Å². The molecule has 0 saturated heterocycles. The molecule has 0 aliphatic heterocycles. The van der Waals surface area contributed by atoms with Gasteiger partial charge in [-0.3, -0.25) is 0 Å². The highest BCUT2D eigenvalue weighted by molar-refractivity contribution is 7.16. The van der Waals surface area contributed by atoms with Gasteiger partial charge in [-0.25, -0.2) is 0 Å². The van der Waals surface area contributed by atoms with Crippen molar-refractivity contribution in [3.63, 3.8) is 0 Å². The molecule has 3 aromatic rings. The smallest absolute Gasteiger partial charge is 0.126 e. The lowest BCUT2D eigenvalue weighted by atomic mass is 9.97. The number of nitrogens with one attached hydrogen (secondary N) is 1. The fraction of sp³-hybridized carbons (Fsp3) is 0.176. The van der Waals surface area contributed by atoms with E-state index < -0.39 is 0 Å². The summed E-state index contributed by atoms with van der Waals surface area (Å²) in [5.74, 6) is 0.897. The van der Waals surface area contributed by atoms with Crippen molar-refractivity contribution in [1.82, 2.24) is 5.32 Å². The Labute approximate surface area is 133 Å². The van der Waals surface area contributed by atoms with E-state index in [2.05, 4.69) is 35.6 Å². The molecule has 4 heteroatoms. The molecule has 2 aromatic carbocycles. The van der Waals surface area contributed by atoms with Crippen LogP contribution in [0.3, 0.4) is 0 Å². The largest absolute Gasteiger partial charge is 0.496 e. The highest BCUT2D eigenvalue weighted by Gasteiger charge is 2.18. The molecular formula is C17H16ClNOS. The maximum Gasteiger partial charge on any atom is 0.126 e. The number of fused-ring (bicyclic) bond motifs is 1. The maximum atomic E-state index is 6.09. The van der Waals surface area contributed by atoms with E-state index in [1.54, 1.807) is 18.4 Å². The third kappa shape index (κ3) is 2.64. The predicted octanol–water partition coefficient (Wildman–Crippen LogP) is 4.87. The summed E-state index contributed by atoms with van der Waals surface area (Å²) in [6.45, 7) is 0. The third-order valence-electron chi connectivity index (χ3n) is 3.62. The monoisotopic (exact) mass is 317 g/mol. The number of benzene rings is 2. The fourth-order valence-electron chi connectivity index (χ4n) is 2.66. The number of halogens is 1. The summed E-state index contributed by atoms with van der Waals surface area (Å²) in [4.78, 5) is 1.21. The van der Waals surface area contributed by atoms with Crippen LogP contribution in [0.2, 0.25) is 4.34 Å². The first-order valence-electron chi connectivity index (χ1n) is 6.72. The number of thiophene rings is 1. The summed E-state index contributed by atoms with van der Waals surface area (Å²) in [6.07, 6.45) is 0. The molecule has 21 heavy (non-hydrogen) atoms. The third-order valence-corrected chi connectivity index (χ3v) is 4.91. The molecule has 0 bridgehead atoms. The van der Waals surface area contributed by atoms with E-state index in [9.17, 15) is 0 Å². The molecule has 1 aromatic heterocycles. The Morgan fingerprint density at radius 2 is 1.81 bits per heavy atom. The zero-order valence-corrected chi connectivity index (χ0v) is 13.5. The normalized spacial score (nSPS) is 12.5. The Kier molecular flexibility index (Phi) is 4.15. The second-order valence-electron chi connectivity index (χ2n) is 4.77. The Morgan fingerprint density at radius 1 is 1.05 bits per heavy atom. The van der Waals surface area contributed by atoms with Crippen LogP contribution in [-0.2, 0) is 0 Å². The number of hydrogen-bond acceptors (Lipinski definition) is 3. The van der Waals surface area contributed by atoms with Crippen molar-refractivity contribution in [3.8, 4) is 5.75 Å². The van der Waals surface area contributed by atoms with Crippen molar-refractivity contribution in [2.24, 2.45) is 0 Å². The van der Waals surface area contributed by atoms with E-state index >= 15 is 0 Å². The SMILES string of the molecule is CNC(c1ccc(Cl)s1)c1ccc(OC)c2ccccc12. The van der Waals surface area contributed by atoms with Gasteiger partial charge in [-0.05, 0) is 36.2 Å². The number of methoxy groups -OCH3 is 1. The molecule has 0 spiro atoms. The van der Waals surface area contributed by atoms with Crippen molar-refractivity contribution in [2.45, 2.75) is 6.04 Å². The second-order valence-corrected chi connectivity index (χ2v) is 6.51. The van der Waals surface area contributed by atoms with Gasteiger partial charge in [0, 0.05) is 10.3 Å². The van der Waals surface area contributed by atoms with E-state index in [4.69, 9.17) is 16.3 Å². The van der Waals surface area contributed by atoms with Gasteiger partial charge in [0.1, 0.15) is 5.75 Å². The molecule has 0 radical (unpaired) electrons. The molecule has 1 N–H and O–H groups in total. The van der Waals surface area contributed by atoms with Gasteiger partial charge in [0.05, 0.1) is 17.5 Å². The minimum atomic E-state index is 0.123. The molecule has 1 unspecified atom stereocenters. The fourth-order valence-corrected chi connectivity index (χ4v) is 3.85. The average molecular weight is 318 g/mol. The van der Waals surface area contributed by atoms with Crippen LogP contribution >= 0.6 is 22.9 Å². The average Bonchev–Trinajstić information content (AvgIpc) is 2.94. The van der Waals surface area contributed by atoms with Crippen LogP contribution in [0.5, 0.6) is 5.75 Å². The summed E-state index contributed by atoms with van der Waals surface area (Å²) < 4.78 is 6.28. The van der Waals surface area contributed by atoms with Gasteiger partial charge in [-0.15, -0.1) is 11.3 Å². The Balaban J connectivity index is 2.19. The lowest BCUT2D eigenvalue weighted by molar-refractivity contribution is 0.419. The van der Waals surface area contributed by atoms with Gasteiger partial charge < -0.3 is 10.1 Å². The van der Waals surface area contributed by atoms with Crippen LogP contribution in [0.1, 0.15) is 16.5 Å². The zero-order valence-electron chi connectivity index (χ0n) is 11.9. The topological polar surface area (TPSA) is 21.3 Å². The van der Waals surface area contributed by atoms with Crippen molar-refractivity contribution in [3.05, 3.63) is 63.3 Å². The molecule has 0 aliphatic rings. The van der Waals surface area contributed by atoms with Gasteiger partial charge in [-0.2, -0.15) is 0 Å². The molecule has 0 fully saturated rings. The van der Waals surface area contributed by atoms with E-state index in [1.807, 2.05) is 25.2 Å². The first-order chi connectivity index (χ1) is 10.2. The van der Waals surface area contributed by atoms with Gasteiger partial charge in [0.25, 0.3) is 0 Å². The van der Waals surface area contributed by atoms with Crippen LogP contribution in [0, 0.1) is 0 Å². The standard InChI is InChI=1S/C17H16ClNOS/c1-19-17(15-9-10-16(18)21-15)13-7-8-14(20-2)12-6-4-3-5-11(12)13/h3-10,17,19H,1-2H3. The molecule has 3 rings (SSSR count). The number of rotatable bonds is 4. The summed E-state index contributed by atoms with van der Waals surface area (Å²) in [6, 6.07) is 16.6. The predicted molar refractivity (Wildman–Crippen MR) is 90.7 cm³/mol. The van der Waals surface area contributed by atoms with Gasteiger partial charge in [-0.1, -0.05) is 41.9 Å². The van der Waals surface area contributed by atoms with Crippen molar-refractivity contribution >= 4 is 33.7 Å². The highest BCUT2D eigenvalue weighted by Crippen LogP contribution is 2.36. The Morgan fingerprint density at radius 3 is 2.43 bits per heavy atom. The maximum absolute atomic E-state index is 6.09. The number of hydrogen-bond donors (Lipinski definition) is 1. The molecule has 0 aliphatic carbocycles. The van der Waals surface area contributed by atoms with Crippen LogP contribution in [0.4, 0.5) is 0 Å². The minimum Gasteiger partial charge on any atom is -0.496 e. The lowest BCUT2D eigenvalue weighted by Gasteiger charge is -2.18. The van der Waals surface area contributed by atoms with Crippen molar-refractivity contribution < 1.29 is 4.74 Å². The first-order valence-corrected chi connectivity index (χ1v) is 7.92. The highest BCUT2D eigenvalue weighted by atomic mass is 35.5. The quantitative estimate of drug-likeness (QED) is 0.741. The van der Waals surface area contributed by atoms with Crippen molar-refractivity contribution in [1.29, 1.82) is 0 Å². The van der Waals surface area contributed by atoms with Crippen LogP contribution in [0.15, 0.2) is 48.5 Å². The Hall–Kier alpha value is -1.55. The van der Waals surface area contributed by atoms with Gasteiger partial charge in [0.2, 0.25) is 0 Å². The zero-order chi connectivity index (χ0) is 14.8. The molecule has 1 atom stereocenters. The van der Waals surface area contributed by atoms with Crippen molar-refractivity contribution in [2.75, 3.05) is 14.2 Å². The minimum absolute atomic E-state index is 0.123. The first kappa shape index (κ1) is 14.4. The van der Waals surface area contributed by atoms with Gasteiger partial charge >= 0.3 is 0 Å². The summed E-state index contributed by atoms with van der Waals surface area (Å²) >= 11 is 7.69. The van der Waals surface area contributed by atoms with E-state index in [0.717, 1.165) is 15.5 Å².